The van der Waals surface area contributed by atoms with Crippen molar-refractivity contribution in [2.45, 2.75) is 6.92 Å². The number of halogens is 1. The van der Waals surface area contributed by atoms with Crippen molar-refractivity contribution in [2.75, 3.05) is 11.9 Å². The second-order valence-corrected chi connectivity index (χ2v) is 5.31. The first-order valence-corrected chi connectivity index (χ1v) is 7.28. The Morgan fingerprint density at radius 3 is 2.04 bits per heavy atom. The Labute approximate surface area is 138 Å². The van der Waals surface area contributed by atoms with E-state index in [-0.39, 0.29) is 24.1 Å². The number of rotatable bonds is 5. The van der Waals surface area contributed by atoms with Crippen LogP contribution in [0, 0.1) is 0 Å². The number of benzene rings is 2. The number of anilines is 1. The third-order valence-corrected chi connectivity index (χ3v) is 3.34. The van der Waals surface area contributed by atoms with E-state index in [1.165, 1.54) is 6.92 Å². The molecule has 0 radical (unpaired) electrons. The molecule has 0 aliphatic heterocycles. The minimum atomic E-state index is -0.358. The van der Waals surface area contributed by atoms with Crippen LogP contribution in [-0.2, 0) is 4.79 Å². The number of ketones is 1. The topological polar surface area (TPSA) is 75.3 Å². The molecule has 0 saturated carbocycles. The van der Waals surface area contributed by atoms with E-state index in [1.807, 2.05) is 0 Å². The van der Waals surface area contributed by atoms with Crippen LogP contribution in [0.5, 0.6) is 0 Å². The standard InChI is InChI=1S/C17H15ClN2O3/c1-11(21)12-4-8-15(9-5-12)20-16(22)10-19-17(23)13-2-6-14(18)7-3-13/h2-9H,10H2,1H3,(H,19,23)(H,20,22). The first-order chi connectivity index (χ1) is 11.0. The van der Waals surface area contributed by atoms with Gasteiger partial charge < -0.3 is 10.6 Å². The minimum Gasteiger partial charge on any atom is -0.343 e. The van der Waals surface area contributed by atoms with Crippen LogP contribution in [0.15, 0.2) is 48.5 Å². The molecule has 2 aromatic carbocycles. The van der Waals surface area contributed by atoms with Gasteiger partial charge in [-0.1, -0.05) is 11.6 Å². The summed E-state index contributed by atoms with van der Waals surface area (Å²) in [5.74, 6) is -0.760. The van der Waals surface area contributed by atoms with Gasteiger partial charge in [-0.2, -0.15) is 0 Å². The molecule has 0 aliphatic carbocycles. The van der Waals surface area contributed by atoms with Gasteiger partial charge >= 0.3 is 0 Å². The molecule has 5 nitrogen and oxygen atoms in total. The molecular formula is C17H15ClN2O3. The molecule has 23 heavy (non-hydrogen) atoms. The van der Waals surface area contributed by atoms with Crippen molar-refractivity contribution in [3.63, 3.8) is 0 Å². The summed E-state index contributed by atoms with van der Waals surface area (Å²) in [7, 11) is 0. The second kappa shape index (κ2) is 7.56. The fraction of sp³-hybridized carbons (Fsp3) is 0.118. The van der Waals surface area contributed by atoms with Gasteiger partial charge in [0.05, 0.1) is 6.54 Å². The Morgan fingerprint density at radius 2 is 1.48 bits per heavy atom. The smallest absolute Gasteiger partial charge is 0.251 e. The minimum absolute atomic E-state index is 0.0434. The Hall–Kier alpha value is -2.66. The summed E-state index contributed by atoms with van der Waals surface area (Å²) < 4.78 is 0. The molecule has 0 unspecified atom stereocenters. The van der Waals surface area contributed by atoms with Crippen molar-refractivity contribution in [2.24, 2.45) is 0 Å². The summed E-state index contributed by atoms with van der Waals surface area (Å²) in [6.07, 6.45) is 0. The molecule has 2 rings (SSSR count). The van der Waals surface area contributed by atoms with Crippen LogP contribution in [0.4, 0.5) is 5.69 Å². The van der Waals surface area contributed by atoms with E-state index in [4.69, 9.17) is 11.6 Å². The normalized spacial score (nSPS) is 10.0. The predicted molar refractivity (Wildman–Crippen MR) is 88.9 cm³/mol. The van der Waals surface area contributed by atoms with Gasteiger partial charge in [-0.3, -0.25) is 14.4 Å². The average molecular weight is 331 g/mol. The zero-order valence-corrected chi connectivity index (χ0v) is 13.2. The first-order valence-electron chi connectivity index (χ1n) is 6.90. The Balaban J connectivity index is 1.86. The van der Waals surface area contributed by atoms with Crippen molar-refractivity contribution >= 4 is 34.9 Å². The maximum atomic E-state index is 11.9. The highest BCUT2D eigenvalue weighted by atomic mass is 35.5. The lowest BCUT2D eigenvalue weighted by atomic mass is 10.1. The van der Waals surface area contributed by atoms with Gasteiger partial charge in [0.25, 0.3) is 5.91 Å². The fourth-order valence-corrected chi connectivity index (χ4v) is 1.98. The third kappa shape index (κ3) is 4.93. The molecule has 0 fully saturated rings. The van der Waals surface area contributed by atoms with Gasteiger partial charge in [0.2, 0.25) is 5.91 Å². The quantitative estimate of drug-likeness (QED) is 0.828. The lowest BCUT2D eigenvalue weighted by Crippen LogP contribution is -2.32. The molecule has 0 spiro atoms. The van der Waals surface area contributed by atoms with Crippen LogP contribution in [0.1, 0.15) is 27.6 Å². The monoisotopic (exact) mass is 330 g/mol. The van der Waals surface area contributed by atoms with Crippen LogP contribution >= 0.6 is 11.6 Å². The Bertz CT molecular complexity index is 725. The maximum absolute atomic E-state index is 11.9. The average Bonchev–Trinajstić information content (AvgIpc) is 2.54. The van der Waals surface area contributed by atoms with E-state index < -0.39 is 0 Å². The van der Waals surface area contributed by atoms with Crippen LogP contribution in [0.3, 0.4) is 0 Å². The van der Waals surface area contributed by atoms with E-state index in [1.54, 1.807) is 48.5 Å². The number of amides is 2. The number of Topliss-reactive ketones (excluding diaryl/α,β-unsaturated/α-hetero) is 1. The highest BCUT2D eigenvalue weighted by molar-refractivity contribution is 6.30. The summed E-state index contributed by atoms with van der Waals surface area (Å²) in [6, 6.07) is 12.9. The van der Waals surface area contributed by atoms with Gasteiger partial charge in [0, 0.05) is 21.8 Å². The van der Waals surface area contributed by atoms with Crippen LogP contribution in [0.25, 0.3) is 0 Å². The third-order valence-electron chi connectivity index (χ3n) is 3.09. The SMILES string of the molecule is CC(=O)c1ccc(NC(=O)CNC(=O)c2ccc(Cl)cc2)cc1. The largest absolute Gasteiger partial charge is 0.343 e. The molecule has 0 heterocycles. The van der Waals surface area contributed by atoms with Crippen LogP contribution < -0.4 is 10.6 Å². The molecule has 2 aromatic rings. The van der Waals surface area contributed by atoms with Crippen molar-refractivity contribution in [3.8, 4) is 0 Å². The summed E-state index contributed by atoms with van der Waals surface area (Å²) in [5, 5.41) is 5.69. The lowest BCUT2D eigenvalue weighted by molar-refractivity contribution is -0.115. The van der Waals surface area contributed by atoms with Crippen LogP contribution in [0.2, 0.25) is 5.02 Å². The number of hydrogen-bond donors (Lipinski definition) is 2. The van der Waals surface area contributed by atoms with E-state index in [2.05, 4.69) is 10.6 Å². The van der Waals surface area contributed by atoms with Crippen molar-refractivity contribution in [1.82, 2.24) is 5.32 Å². The second-order valence-electron chi connectivity index (χ2n) is 4.87. The summed E-state index contributed by atoms with van der Waals surface area (Å²) in [6.45, 7) is 1.32. The van der Waals surface area contributed by atoms with Crippen LogP contribution in [-0.4, -0.2) is 24.1 Å². The first kappa shape index (κ1) is 16.7. The number of nitrogens with one attached hydrogen (secondary N) is 2. The highest BCUT2D eigenvalue weighted by Crippen LogP contribution is 2.10. The van der Waals surface area contributed by atoms with Gasteiger partial charge in [-0.05, 0) is 55.5 Å². The van der Waals surface area contributed by atoms with Gasteiger partial charge in [0.15, 0.2) is 5.78 Å². The molecule has 0 saturated heterocycles. The summed E-state index contributed by atoms with van der Waals surface area (Å²) in [4.78, 5) is 34.8. The predicted octanol–water partition coefficient (Wildman–Crippen LogP) is 2.91. The molecule has 0 aromatic heterocycles. The summed E-state index contributed by atoms with van der Waals surface area (Å²) >= 11 is 5.75. The van der Waals surface area contributed by atoms with Gasteiger partial charge in [-0.25, -0.2) is 0 Å². The van der Waals surface area contributed by atoms with Crippen molar-refractivity contribution < 1.29 is 14.4 Å². The fourth-order valence-electron chi connectivity index (χ4n) is 1.86. The number of hydrogen-bond acceptors (Lipinski definition) is 3. The molecule has 0 bridgehead atoms. The Kier molecular flexibility index (Phi) is 5.49. The van der Waals surface area contributed by atoms with Gasteiger partial charge in [-0.15, -0.1) is 0 Å². The lowest BCUT2D eigenvalue weighted by Gasteiger charge is -2.07. The van der Waals surface area contributed by atoms with Crippen molar-refractivity contribution in [3.05, 3.63) is 64.7 Å². The zero-order chi connectivity index (χ0) is 16.8. The summed E-state index contributed by atoms with van der Waals surface area (Å²) in [5.41, 5.74) is 1.55. The van der Waals surface area contributed by atoms with Crippen molar-refractivity contribution in [1.29, 1.82) is 0 Å². The molecule has 0 aliphatic rings. The number of carbonyl (C=O) groups excluding carboxylic acids is 3. The Morgan fingerprint density at radius 1 is 0.913 bits per heavy atom. The highest BCUT2D eigenvalue weighted by Gasteiger charge is 2.08. The maximum Gasteiger partial charge on any atom is 0.251 e. The van der Waals surface area contributed by atoms with E-state index in [9.17, 15) is 14.4 Å². The molecule has 2 N–H and O–H groups in total. The zero-order valence-electron chi connectivity index (χ0n) is 12.4. The molecule has 2 amide bonds. The molecule has 6 heteroatoms. The molecular weight excluding hydrogens is 316 g/mol. The number of carbonyl (C=O) groups is 3. The molecule has 118 valence electrons. The molecule has 0 atom stereocenters. The van der Waals surface area contributed by atoms with E-state index in [0.717, 1.165) is 0 Å². The van der Waals surface area contributed by atoms with E-state index >= 15 is 0 Å². The van der Waals surface area contributed by atoms with E-state index in [0.29, 0.717) is 21.8 Å². The van der Waals surface area contributed by atoms with Gasteiger partial charge in [0.1, 0.15) is 0 Å².